The first-order valence-corrected chi connectivity index (χ1v) is 10.6. The van der Waals surface area contributed by atoms with E-state index in [4.69, 9.17) is 5.73 Å². The van der Waals surface area contributed by atoms with Crippen molar-refractivity contribution >= 4 is 27.3 Å². The summed E-state index contributed by atoms with van der Waals surface area (Å²) < 4.78 is 26.7. The predicted octanol–water partition coefficient (Wildman–Crippen LogP) is 2.16. The monoisotopic (exact) mass is 375 g/mol. The number of hydrogen-bond acceptors (Lipinski definition) is 5. The molecule has 0 spiro atoms. The summed E-state index contributed by atoms with van der Waals surface area (Å²) >= 11 is 1.20. The zero-order chi connectivity index (χ0) is 18.4. The molecule has 1 aromatic rings. The van der Waals surface area contributed by atoms with Gasteiger partial charge < -0.3 is 11.1 Å². The van der Waals surface area contributed by atoms with Gasteiger partial charge in [0.2, 0.25) is 5.91 Å². The molecule has 0 aliphatic carbocycles. The second-order valence-corrected chi connectivity index (χ2v) is 9.02. The molecule has 0 aromatic carbocycles. The SMILES string of the molecule is CCN(CC)S(=O)(=O)c1ccc(CNC(=O)C(CC)(CC)CN)s1. The van der Waals surface area contributed by atoms with Crippen molar-refractivity contribution in [2.24, 2.45) is 11.1 Å². The van der Waals surface area contributed by atoms with Crippen molar-refractivity contribution in [3.8, 4) is 0 Å². The number of carbonyl (C=O) groups is 1. The molecule has 0 aliphatic rings. The number of carbonyl (C=O) groups excluding carboxylic acids is 1. The third-order valence-electron chi connectivity index (χ3n) is 4.59. The van der Waals surface area contributed by atoms with Gasteiger partial charge in [-0.05, 0) is 25.0 Å². The average molecular weight is 376 g/mol. The highest BCUT2D eigenvalue weighted by molar-refractivity contribution is 7.91. The Morgan fingerprint density at radius 2 is 1.79 bits per heavy atom. The summed E-state index contributed by atoms with van der Waals surface area (Å²) in [5.41, 5.74) is 5.23. The maximum absolute atomic E-state index is 12.5. The smallest absolute Gasteiger partial charge is 0.252 e. The maximum atomic E-state index is 12.5. The Morgan fingerprint density at radius 1 is 1.21 bits per heavy atom. The van der Waals surface area contributed by atoms with Crippen LogP contribution in [0.2, 0.25) is 0 Å². The van der Waals surface area contributed by atoms with Crippen LogP contribution in [-0.4, -0.2) is 38.3 Å². The van der Waals surface area contributed by atoms with Crippen molar-refractivity contribution in [3.05, 3.63) is 17.0 Å². The van der Waals surface area contributed by atoms with Crippen molar-refractivity contribution in [1.82, 2.24) is 9.62 Å². The van der Waals surface area contributed by atoms with E-state index in [2.05, 4.69) is 5.32 Å². The van der Waals surface area contributed by atoms with Crippen LogP contribution in [0.3, 0.4) is 0 Å². The van der Waals surface area contributed by atoms with Gasteiger partial charge in [-0.3, -0.25) is 4.79 Å². The van der Waals surface area contributed by atoms with Crippen molar-refractivity contribution in [2.45, 2.75) is 51.3 Å². The quantitative estimate of drug-likeness (QED) is 0.655. The third-order valence-corrected chi connectivity index (χ3v) is 8.19. The fourth-order valence-corrected chi connectivity index (χ4v) is 5.50. The highest BCUT2D eigenvalue weighted by Gasteiger charge is 2.33. The molecule has 6 nitrogen and oxygen atoms in total. The summed E-state index contributed by atoms with van der Waals surface area (Å²) in [4.78, 5) is 13.2. The molecule has 1 amide bonds. The number of nitrogens with one attached hydrogen (secondary N) is 1. The van der Waals surface area contributed by atoms with Crippen molar-refractivity contribution in [2.75, 3.05) is 19.6 Å². The Morgan fingerprint density at radius 3 is 2.25 bits per heavy atom. The van der Waals surface area contributed by atoms with E-state index < -0.39 is 15.4 Å². The molecule has 0 radical (unpaired) electrons. The molecule has 0 aliphatic heterocycles. The fraction of sp³-hybridized carbons (Fsp3) is 0.688. The first kappa shape index (κ1) is 21.1. The molecule has 0 fully saturated rings. The summed E-state index contributed by atoms with van der Waals surface area (Å²) in [6.07, 6.45) is 1.36. The third kappa shape index (κ3) is 4.36. The standard InChI is InChI=1S/C16H29N3O3S2/c1-5-16(6-2,12-17)15(20)18-11-13-9-10-14(23-13)24(21,22)19(7-3)8-4/h9-10H,5-8,11-12,17H2,1-4H3,(H,18,20). The van der Waals surface area contributed by atoms with Crippen molar-refractivity contribution in [1.29, 1.82) is 0 Å². The van der Waals surface area contributed by atoms with Crippen LogP contribution in [-0.2, 0) is 21.4 Å². The largest absolute Gasteiger partial charge is 0.351 e. The highest BCUT2D eigenvalue weighted by atomic mass is 32.2. The van der Waals surface area contributed by atoms with Crippen LogP contribution < -0.4 is 11.1 Å². The number of thiophene rings is 1. The Hall–Kier alpha value is -0.960. The van der Waals surface area contributed by atoms with Gasteiger partial charge in [0, 0.05) is 24.5 Å². The molecular formula is C16H29N3O3S2. The zero-order valence-electron chi connectivity index (χ0n) is 15.0. The van der Waals surface area contributed by atoms with E-state index in [0.717, 1.165) is 4.88 Å². The molecule has 1 aromatic heterocycles. The summed E-state index contributed by atoms with van der Waals surface area (Å²) in [6.45, 7) is 9.04. The first-order valence-electron chi connectivity index (χ1n) is 8.38. The van der Waals surface area contributed by atoms with Crippen molar-refractivity contribution < 1.29 is 13.2 Å². The lowest BCUT2D eigenvalue weighted by atomic mass is 9.81. The fourth-order valence-electron chi connectivity index (χ4n) is 2.59. The van der Waals surface area contributed by atoms with Gasteiger partial charge in [-0.2, -0.15) is 4.31 Å². The Balaban J connectivity index is 2.83. The van der Waals surface area contributed by atoms with Crippen LogP contribution in [0, 0.1) is 5.41 Å². The Labute approximate surface area is 149 Å². The molecule has 0 atom stereocenters. The van der Waals surface area contributed by atoms with E-state index in [0.29, 0.717) is 43.2 Å². The molecule has 0 saturated heterocycles. The molecule has 138 valence electrons. The normalized spacial score (nSPS) is 12.6. The number of rotatable bonds is 10. The lowest BCUT2D eigenvalue weighted by Gasteiger charge is -2.28. The van der Waals surface area contributed by atoms with Gasteiger partial charge in [-0.15, -0.1) is 11.3 Å². The minimum Gasteiger partial charge on any atom is -0.351 e. The second-order valence-electron chi connectivity index (χ2n) is 5.68. The predicted molar refractivity (Wildman–Crippen MR) is 98.3 cm³/mol. The summed E-state index contributed by atoms with van der Waals surface area (Å²) in [5, 5.41) is 2.90. The van der Waals surface area contributed by atoms with E-state index >= 15 is 0 Å². The molecule has 0 bridgehead atoms. The molecule has 1 heterocycles. The highest BCUT2D eigenvalue weighted by Crippen LogP contribution is 2.27. The summed E-state index contributed by atoms with van der Waals surface area (Å²) in [6, 6.07) is 3.36. The minimum absolute atomic E-state index is 0.0726. The molecule has 24 heavy (non-hydrogen) atoms. The van der Waals surface area contributed by atoms with Gasteiger partial charge in [0.1, 0.15) is 4.21 Å². The Kier molecular flexibility index (Phi) is 7.85. The van der Waals surface area contributed by atoms with E-state index in [1.807, 2.05) is 27.7 Å². The minimum atomic E-state index is -3.44. The van der Waals surface area contributed by atoms with Crippen LogP contribution >= 0.6 is 11.3 Å². The van der Waals surface area contributed by atoms with E-state index in [9.17, 15) is 13.2 Å². The van der Waals surface area contributed by atoms with Crippen molar-refractivity contribution in [3.63, 3.8) is 0 Å². The lowest BCUT2D eigenvalue weighted by Crippen LogP contribution is -2.44. The zero-order valence-corrected chi connectivity index (χ0v) is 16.6. The van der Waals surface area contributed by atoms with E-state index in [-0.39, 0.29) is 5.91 Å². The van der Waals surface area contributed by atoms with Crippen LogP contribution in [0.4, 0.5) is 0 Å². The summed E-state index contributed by atoms with van der Waals surface area (Å²) in [7, 11) is -3.44. The summed E-state index contributed by atoms with van der Waals surface area (Å²) in [5.74, 6) is -0.0726. The molecular weight excluding hydrogens is 346 g/mol. The van der Waals surface area contributed by atoms with Crippen LogP contribution in [0.25, 0.3) is 0 Å². The molecule has 8 heteroatoms. The maximum Gasteiger partial charge on any atom is 0.252 e. The van der Waals surface area contributed by atoms with Gasteiger partial charge in [0.15, 0.2) is 0 Å². The first-order chi connectivity index (χ1) is 11.3. The van der Waals surface area contributed by atoms with Gasteiger partial charge in [0.25, 0.3) is 10.0 Å². The number of sulfonamides is 1. The molecule has 0 unspecified atom stereocenters. The van der Waals surface area contributed by atoms with Crippen LogP contribution in [0.5, 0.6) is 0 Å². The average Bonchev–Trinajstić information content (AvgIpc) is 3.06. The van der Waals surface area contributed by atoms with E-state index in [1.165, 1.54) is 15.6 Å². The second kappa shape index (κ2) is 8.94. The number of hydrogen-bond donors (Lipinski definition) is 2. The lowest BCUT2D eigenvalue weighted by molar-refractivity contribution is -0.131. The number of amides is 1. The van der Waals surface area contributed by atoms with E-state index in [1.54, 1.807) is 12.1 Å². The number of nitrogens with two attached hydrogens (primary N) is 1. The van der Waals surface area contributed by atoms with Gasteiger partial charge in [0.05, 0.1) is 12.0 Å². The Bertz CT molecular complexity index is 624. The topological polar surface area (TPSA) is 92.5 Å². The molecule has 0 saturated carbocycles. The van der Waals surface area contributed by atoms with Gasteiger partial charge in [-0.1, -0.05) is 27.7 Å². The van der Waals surface area contributed by atoms with Gasteiger partial charge >= 0.3 is 0 Å². The van der Waals surface area contributed by atoms with Crippen LogP contribution in [0.1, 0.15) is 45.4 Å². The molecule has 3 N–H and O–H groups in total. The van der Waals surface area contributed by atoms with Crippen LogP contribution in [0.15, 0.2) is 16.3 Å². The number of nitrogens with zero attached hydrogens (tertiary/aromatic N) is 1. The van der Waals surface area contributed by atoms with Gasteiger partial charge in [-0.25, -0.2) is 8.42 Å². The molecule has 1 rings (SSSR count).